The topological polar surface area (TPSA) is 109 Å². The molecule has 34 heavy (non-hydrogen) atoms. The molecule has 2 aromatic rings. The first kappa shape index (κ1) is 22.6. The van der Waals surface area contributed by atoms with Crippen molar-refractivity contribution in [2.45, 2.75) is 64.8 Å². The van der Waals surface area contributed by atoms with Gasteiger partial charge in [-0.25, -0.2) is 9.78 Å². The number of ether oxygens (including phenoxy) is 2. The molecule has 8 nitrogen and oxygen atoms in total. The molecule has 2 N–H and O–H groups in total. The van der Waals surface area contributed by atoms with Gasteiger partial charge in [0.05, 0.1) is 16.9 Å². The van der Waals surface area contributed by atoms with E-state index < -0.39 is 17.8 Å². The van der Waals surface area contributed by atoms with Crippen molar-refractivity contribution in [3.05, 3.63) is 52.2 Å². The first-order valence-electron chi connectivity index (χ1n) is 11.8. The molecule has 0 fully saturated rings. The van der Waals surface area contributed by atoms with Gasteiger partial charge >= 0.3 is 11.9 Å². The number of cyclic esters (lactones) is 1. The van der Waals surface area contributed by atoms with E-state index in [2.05, 4.69) is 6.92 Å². The molecule has 1 aromatic carbocycles. The largest absolute Gasteiger partial charge is 0.459 e. The summed E-state index contributed by atoms with van der Waals surface area (Å²) in [6.07, 6.45) is 2.68. The first-order valence-corrected chi connectivity index (χ1v) is 11.8. The van der Waals surface area contributed by atoms with Crippen molar-refractivity contribution in [2.24, 2.45) is 0 Å². The predicted molar refractivity (Wildman–Crippen MR) is 124 cm³/mol. The van der Waals surface area contributed by atoms with Crippen molar-refractivity contribution in [3.63, 3.8) is 0 Å². The number of carbonyl (C=O) groups is 2. The van der Waals surface area contributed by atoms with E-state index in [9.17, 15) is 19.8 Å². The molecule has 8 heteroatoms. The molecule has 0 saturated heterocycles. The number of esters is 2. The number of aryl methyl sites for hydroxylation is 1. The Bertz CT molecular complexity index is 1280. The zero-order valence-corrected chi connectivity index (χ0v) is 19.6. The average molecular weight is 465 g/mol. The number of carbonyl (C=O) groups excluding carboxylic acids is 2. The molecule has 0 saturated carbocycles. The fourth-order valence-corrected chi connectivity index (χ4v) is 5.15. The smallest absolute Gasteiger partial charge is 0.343 e. The molecule has 1 unspecified atom stereocenters. The van der Waals surface area contributed by atoms with E-state index >= 15 is 0 Å². The maximum absolute atomic E-state index is 12.4. The Hall–Kier alpha value is -3.23. The number of aliphatic hydroxyl groups excluding tert-OH is 1. The lowest BCUT2D eigenvalue weighted by Gasteiger charge is -2.40. The summed E-state index contributed by atoms with van der Waals surface area (Å²) in [5, 5.41) is 23.2. The van der Waals surface area contributed by atoms with Gasteiger partial charge in [0.25, 0.3) is 0 Å². The van der Waals surface area contributed by atoms with Crippen LogP contribution in [0.5, 0.6) is 5.75 Å². The van der Waals surface area contributed by atoms with E-state index in [0.717, 1.165) is 40.6 Å². The average Bonchev–Trinajstić information content (AvgIpc) is 3.19. The number of pyridine rings is 1. The van der Waals surface area contributed by atoms with Crippen LogP contribution >= 0.6 is 0 Å². The van der Waals surface area contributed by atoms with Crippen molar-refractivity contribution >= 4 is 28.5 Å². The van der Waals surface area contributed by atoms with Crippen LogP contribution in [0.25, 0.3) is 16.6 Å². The Morgan fingerprint density at radius 3 is 2.82 bits per heavy atom. The van der Waals surface area contributed by atoms with E-state index in [4.69, 9.17) is 14.5 Å². The quantitative estimate of drug-likeness (QED) is 0.514. The number of benzene rings is 1. The van der Waals surface area contributed by atoms with Gasteiger partial charge in [0.15, 0.2) is 11.8 Å². The summed E-state index contributed by atoms with van der Waals surface area (Å²) in [6.45, 7) is 6.07. The van der Waals surface area contributed by atoms with Crippen LogP contribution in [0.3, 0.4) is 0 Å². The molecular formula is C26H28N2O6. The molecule has 4 heterocycles. The number of aromatic nitrogens is 1. The van der Waals surface area contributed by atoms with Gasteiger partial charge in [0, 0.05) is 35.1 Å². The third-order valence-electron chi connectivity index (χ3n) is 6.98. The second-order valence-corrected chi connectivity index (χ2v) is 8.93. The maximum atomic E-state index is 12.4. The number of nitrogens with zero attached hydrogens (tertiary/aromatic N) is 2. The summed E-state index contributed by atoms with van der Waals surface area (Å²) < 4.78 is 10.7. The third-order valence-corrected chi connectivity index (χ3v) is 6.98. The Labute approximate surface area is 197 Å². The Kier molecular flexibility index (Phi) is 5.45. The molecule has 0 amide bonds. The van der Waals surface area contributed by atoms with Gasteiger partial charge in [0.2, 0.25) is 0 Å². The minimum absolute atomic E-state index is 0.0587. The van der Waals surface area contributed by atoms with Crippen molar-refractivity contribution in [2.75, 3.05) is 6.61 Å². The summed E-state index contributed by atoms with van der Waals surface area (Å²) >= 11 is 0. The first-order chi connectivity index (χ1) is 16.3. The van der Waals surface area contributed by atoms with Gasteiger partial charge < -0.3 is 24.6 Å². The van der Waals surface area contributed by atoms with Gasteiger partial charge in [-0.3, -0.25) is 4.79 Å². The molecule has 1 aromatic heterocycles. The van der Waals surface area contributed by atoms with Gasteiger partial charge in [-0.2, -0.15) is 0 Å². The lowest BCUT2D eigenvalue weighted by Crippen LogP contribution is -2.50. The number of hydrogen-bond donors (Lipinski definition) is 2. The summed E-state index contributed by atoms with van der Waals surface area (Å²) in [6, 6.07) is 5.42. The predicted octanol–water partition coefficient (Wildman–Crippen LogP) is 2.99. The van der Waals surface area contributed by atoms with Crippen LogP contribution in [-0.2, 0) is 27.3 Å². The second-order valence-electron chi connectivity index (χ2n) is 8.93. The van der Waals surface area contributed by atoms with Gasteiger partial charge in [-0.15, -0.1) is 0 Å². The maximum Gasteiger partial charge on any atom is 0.343 e. The number of hydrogen-bond acceptors (Lipinski definition) is 8. The molecule has 0 radical (unpaired) electrons. The molecule has 0 aliphatic carbocycles. The molecule has 3 aliphatic rings. The highest BCUT2D eigenvalue weighted by Gasteiger charge is 2.49. The summed E-state index contributed by atoms with van der Waals surface area (Å²) in [7, 11) is 0. The van der Waals surface area contributed by atoms with Crippen LogP contribution < -0.4 is 4.74 Å². The molecule has 178 valence electrons. The minimum Gasteiger partial charge on any atom is -0.459 e. The van der Waals surface area contributed by atoms with Crippen LogP contribution in [0, 0.1) is 0 Å². The van der Waals surface area contributed by atoms with E-state index in [1.807, 2.05) is 24.0 Å². The van der Waals surface area contributed by atoms with E-state index in [1.54, 1.807) is 19.1 Å². The normalized spacial score (nSPS) is 23.3. The van der Waals surface area contributed by atoms with Crippen molar-refractivity contribution in [1.29, 1.82) is 0 Å². The molecular weight excluding hydrogens is 436 g/mol. The molecule has 0 bridgehead atoms. The standard InChI is InChI=1S/C26H28N2O6/c1-4-7-22(29)34-14-8-9-20-16(10-14)15(5-2)17-12-28-21(23(17)27-20)11-19-18(24(28)30)13-33-25(31)26(19,32)6-3/h8-11,24,30,32H,4-7,12-13H2,1-3H3/t24?,26-/m0/s1. The summed E-state index contributed by atoms with van der Waals surface area (Å²) in [5.41, 5.74) is 3.29. The number of rotatable bonds is 5. The van der Waals surface area contributed by atoms with Crippen molar-refractivity contribution < 1.29 is 29.3 Å². The lowest BCUT2D eigenvalue weighted by molar-refractivity contribution is -0.164. The van der Waals surface area contributed by atoms with E-state index in [-0.39, 0.29) is 19.0 Å². The summed E-state index contributed by atoms with van der Waals surface area (Å²) in [5.74, 6) is -0.482. The molecule has 2 atom stereocenters. The highest BCUT2D eigenvalue weighted by atomic mass is 16.6. The summed E-state index contributed by atoms with van der Waals surface area (Å²) in [4.78, 5) is 31.1. The minimum atomic E-state index is -1.79. The van der Waals surface area contributed by atoms with Crippen LogP contribution in [0.2, 0.25) is 0 Å². The van der Waals surface area contributed by atoms with Crippen molar-refractivity contribution in [3.8, 4) is 5.75 Å². The van der Waals surface area contributed by atoms with Crippen LogP contribution in [-0.4, -0.2) is 50.5 Å². The fourth-order valence-electron chi connectivity index (χ4n) is 5.15. The second kappa shape index (κ2) is 8.21. The van der Waals surface area contributed by atoms with Gasteiger partial charge in [-0.05, 0) is 49.1 Å². The van der Waals surface area contributed by atoms with Crippen molar-refractivity contribution in [1.82, 2.24) is 9.88 Å². The van der Waals surface area contributed by atoms with Crippen LogP contribution in [0.4, 0.5) is 0 Å². The number of fused-ring (bicyclic) bond motifs is 4. The third kappa shape index (κ3) is 3.24. The number of aliphatic hydroxyl groups is 2. The zero-order valence-electron chi connectivity index (χ0n) is 19.6. The fraction of sp³-hybridized carbons (Fsp3) is 0.423. The van der Waals surface area contributed by atoms with E-state index in [1.165, 1.54) is 0 Å². The SMILES string of the molecule is CCCC(=O)Oc1ccc2nc3c(c(CC)c2c1)CN1C3=CC2=C(COC(=O)[C@]2(O)CC)C1O. The van der Waals surface area contributed by atoms with Crippen LogP contribution in [0.15, 0.2) is 35.4 Å². The highest BCUT2D eigenvalue weighted by molar-refractivity contribution is 5.92. The zero-order chi connectivity index (χ0) is 24.2. The molecule has 3 aliphatic heterocycles. The molecule has 0 spiro atoms. The Balaban J connectivity index is 1.63. The Morgan fingerprint density at radius 1 is 1.32 bits per heavy atom. The monoisotopic (exact) mass is 464 g/mol. The molecule has 5 rings (SSSR count). The Morgan fingerprint density at radius 2 is 2.12 bits per heavy atom. The van der Waals surface area contributed by atoms with Gasteiger partial charge in [-0.1, -0.05) is 20.8 Å². The highest BCUT2D eigenvalue weighted by Crippen LogP contribution is 2.46. The lowest BCUT2D eigenvalue weighted by atomic mass is 9.82. The van der Waals surface area contributed by atoms with E-state index in [0.29, 0.717) is 35.6 Å². The van der Waals surface area contributed by atoms with Crippen LogP contribution in [0.1, 0.15) is 56.9 Å². The van der Waals surface area contributed by atoms with Gasteiger partial charge in [0.1, 0.15) is 12.4 Å².